The van der Waals surface area contributed by atoms with Crippen molar-refractivity contribution in [3.05, 3.63) is 0 Å². The van der Waals surface area contributed by atoms with E-state index in [9.17, 15) is 4.79 Å². The number of thiocarbonyl (C=S) groups is 1. The molecule has 2 saturated carbocycles. The van der Waals surface area contributed by atoms with Crippen molar-refractivity contribution < 1.29 is 4.79 Å². The fourth-order valence-electron chi connectivity index (χ4n) is 3.66. The minimum absolute atomic E-state index is 0.152. The molecule has 3 N–H and O–H groups in total. The Morgan fingerprint density at radius 1 is 1.20 bits per heavy atom. The molecule has 0 aromatic heterocycles. The standard InChI is InChI=1S/C16H28N2OS/c1-12-7-9-16(10-8-12,15(17)20)18-14(19)11-13-5-3-2-4-6-13/h12-13H,2-11H2,1H3,(H2,17,20)(H,18,19). The summed E-state index contributed by atoms with van der Waals surface area (Å²) in [6.45, 7) is 2.26. The number of nitrogens with one attached hydrogen (secondary N) is 1. The Kier molecular flexibility index (Phi) is 5.42. The summed E-state index contributed by atoms with van der Waals surface area (Å²) in [5, 5.41) is 3.19. The predicted molar refractivity (Wildman–Crippen MR) is 86.5 cm³/mol. The van der Waals surface area contributed by atoms with Crippen LogP contribution in [-0.4, -0.2) is 16.4 Å². The number of carbonyl (C=O) groups excluding carboxylic acids is 1. The van der Waals surface area contributed by atoms with Crippen LogP contribution in [0.15, 0.2) is 0 Å². The fourth-order valence-corrected chi connectivity index (χ4v) is 3.91. The molecule has 2 aliphatic rings. The van der Waals surface area contributed by atoms with Crippen molar-refractivity contribution in [1.29, 1.82) is 0 Å². The first-order valence-corrected chi connectivity index (χ1v) is 8.53. The number of hydrogen-bond donors (Lipinski definition) is 2. The van der Waals surface area contributed by atoms with Crippen LogP contribution in [0.1, 0.15) is 71.1 Å². The van der Waals surface area contributed by atoms with Crippen molar-refractivity contribution in [3.8, 4) is 0 Å². The van der Waals surface area contributed by atoms with E-state index in [1.54, 1.807) is 0 Å². The van der Waals surface area contributed by atoms with Crippen LogP contribution >= 0.6 is 12.2 Å². The molecule has 0 bridgehead atoms. The van der Waals surface area contributed by atoms with Crippen molar-refractivity contribution in [2.24, 2.45) is 17.6 Å². The molecule has 0 unspecified atom stereocenters. The van der Waals surface area contributed by atoms with E-state index < -0.39 is 5.54 Å². The lowest BCUT2D eigenvalue weighted by molar-refractivity contribution is -0.123. The summed E-state index contributed by atoms with van der Waals surface area (Å²) in [5.41, 5.74) is 5.54. The molecule has 0 heterocycles. The van der Waals surface area contributed by atoms with Crippen LogP contribution < -0.4 is 11.1 Å². The van der Waals surface area contributed by atoms with Gasteiger partial charge in [0.1, 0.15) is 0 Å². The highest BCUT2D eigenvalue weighted by Gasteiger charge is 2.38. The van der Waals surface area contributed by atoms with Crippen LogP contribution in [-0.2, 0) is 4.79 Å². The quantitative estimate of drug-likeness (QED) is 0.783. The average molecular weight is 296 g/mol. The summed E-state index contributed by atoms with van der Waals surface area (Å²) in [6.07, 6.45) is 10.9. The molecule has 4 heteroatoms. The largest absolute Gasteiger partial charge is 0.391 e. The van der Waals surface area contributed by atoms with Crippen LogP contribution in [0, 0.1) is 11.8 Å². The number of amides is 1. The number of nitrogens with two attached hydrogens (primary N) is 1. The van der Waals surface area contributed by atoms with E-state index in [0.29, 0.717) is 23.2 Å². The first kappa shape index (κ1) is 15.7. The van der Waals surface area contributed by atoms with Crippen LogP contribution in [0.5, 0.6) is 0 Å². The number of rotatable bonds is 4. The summed E-state index contributed by atoms with van der Waals surface area (Å²) in [5.74, 6) is 1.43. The molecule has 3 nitrogen and oxygen atoms in total. The van der Waals surface area contributed by atoms with Gasteiger partial charge >= 0.3 is 0 Å². The summed E-state index contributed by atoms with van der Waals surface area (Å²) in [6, 6.07) is 0. The smallest absolute Gasteiger partial charge is 0.221 e. The fraction of sp³-hybridized carbons (Fsp3) is 0.875. The lowest BCUT2D eigenvalue weighted by atomic mass is 9.76. The molecular weight excluding hydrogens is 268 g/mol. The highest BCUT2D eigenvalue weighted by molar-refractivity contribution is 7.80. The van der Waals surface area contributed by atoms with Crippen molar-refractivity contribution in [3.63, 3.8) is 0 Å². The zero-order valence-electron chi connectivity index (χ0n) is 12.6. The topological polar surface area (TPSA) is 55.1 Å². The van der Waals surface area contributed by atoms with Gasteiger partial charge in [-0.1, -0.05) is 38.4 Å². The van der Waals surface area contributed by atoms with E-state index in [0.717, 1.165) is 25.7 Å². The molecule has 2 aliphatic carbocycles. The third-order valence-electron chi connectivity index (χ3n) is 5.18. The molecule has 2 fully saturated rings. The molecule has 0 spiro atoms. The number of carbonyl (C=O) groups is 1. The van der Waals surface area contributed by atoms with Crippen LogP contribution in [0.3, 0.4) is 0 Å². The number of hydrogen-bond acceptors (Lipinski definition) is 2. The summed E-state index contributed by atoms with van der Waals surface area (Å²) in [4.78, 5) is 12.8. The Balaban J connectivity index is 1.90. The van der Waals surface area contributed by atoms with E-state index in [1.165, 1.54) is 32.1 Å². The van der Waals surface area contributed by atoms with Crippen LogP contribution in [0.25, 0.3) is 0 Å². The lowest BCUT2D eigenvalue weighted by Crippen LogP contribution is -2.58. The van der Waals surface area contributed by atoms with Gasteiger partial charge in [0.15, 0.2) is 0 Å². The third-order valence-corrected chi connectivity index (χ3v) is 5.57. The van der Waals surface area contributed by atoms with Gasteiger partial charge in [0.2, 0.25) is 5.91 Å². The molecule has 0 radical (unpaired) electrons. The molecule has 0 atom stereocenters. The van der Waals surface area contributed by atoms with Gasteiger partial charge < -0.3 is 11.1 Å². The lowest BCUT2D eigenvalue weighted by Gasteiger charge is -2.39. The normalized spacial score (nSPS) is 31.8. The van der Waals surface area contributed by atoms with Gasteiger partial charge in [0.05, 0.1) is 10.5 Å². The molecule has 1 amide bonds. The zero-order chi connectivity index (χ0) is 14.6. The Morgan fingerprint density at radius 2 is 1.80 bits per heavy atom. The van der Waals surface area contributed by atoms with Gasteiger partial charge in [0.25, 0.3) is 0 Å². The second-order valence-corrected chi connectivity index (χ2v) is 7.33. The molecule has 114 valence electrons. The minimum Gasteiger partial charge on any atom is -0.391 e. The Hall–Kier alpha value is -0.640. The zero-order valence-corrected chi connectivity index (χ0v) is 13.4. The van der Waals surface area contributed by atoms with Gasteiger partial charge in [-0.2, -0.15) is 0 Å². The molecular formula is C16H28N2OS. The van der Waals surface area contributed by atoms with E-state index in [-0.39, 0.29) is 5.91 Å². The summed E-state index contributed by atoms with van der Waals surface area (Å²) in [7, 11) is 0. The van der Waals surface area contributed by atoms with Crippen LogP contribution in [0.4, 0.5) is 0 Å². The van der Waals surface area contributed by atoms with E-state index in [2.05, 4.69) is 12.2 Å². The minimum atomic E-state index is -0.409. The van der Waals surface area contributed by atoms with Crippen molar-refractivity contribution in [2.45, 2.75) is 76.7 Å². The Morgan fingerprint density at radius 3 is 2.35 bits per heavy atom. The first-order chi connectivity index (χ1) is 9.52. The summed E-state index contributed by atoms with van der Waals surface area (Å²) < 4.78 is 0. The first-order valence-electron chi connectivity index (χ1n) is 8.13. The van der Waals surface area contributed by atoms with Gasteiger partial charge in [-0.25, -0.2) is 0 Å². The molecule has 0 aromatic rings. The van der Waals surface area contributed by atoms with Gasteiger partial charge in [-0.3, -0.25) is 4.79 Å². The van der Waals surface area contributed by atoms with Crippen molar-refractivity contribution >= 4 is 23.1 Å². The monoisotopic (exact) mass is 296 g/mol. The van der Waals surface area contributed by atoms with Crippen molar-refractivity contribution in [1.82, 2.24) is 5.32 Å². The third kappa shape index (κ3) is 3.94. The summed E-state index contributed by atoms with van der Waals surface area (Å²) >= 11 is 5.25. The predicted octanol–water partition coefficient (Wildman–Crippen LogP) is 3.31. The van der Waals surface area contributed by atoms with Gasteiger partial charge in [0, 0.05) is 6.42 Å². The Bertz CT molecular complexity index is 355. The van der Waals surface area contributed by atoms with Crippen molar-refractivity contribution in [2.75, 3.05) is 0 Å². The highest BCUT2D eigenvalue weighted by atomic mass is 32.1. The molecule has 0 aliphatic heterocycles. The molecule has 2 rings (SSSR count). The van der Waals surface area contributed by atoms with Gasteiger partial charge in [-0.05, 0) is 50.4 Å². The van der Waals surface area contributed by atoms with Gasteiger partial charge in [-0.15, -0.1) is 0 Å². The van der Waals surface area contributed by atoms with Crippen LogP contribution in [0.2, 0.25) is 0 Å². The highest BCUT2D eigenvalue weighted by Crippen LogP contribution is 2.33. The maximum absolute atomic E-state index is 12.3. The molecule has 0 saturated heterocycles. The average Bonchev–Trinajstić information content (AvgIpc) is 2.42. The second-order valence-electron chi connectivity index (χ2n) is 6.89. The second kappa shape index (κ2) is 6.88. The van der Waals surface area contributed by atoms with E-state index >= 15 is 0 Å². The Labute approximate surface area is 128 Å². The molecule has 0 aromatic carbocycles. The van der Waals surface area contributed by atoms with E-state index in [4.69, 9.17) is 18.0 Å². The SMILES string of the molecule is CC1CCC(NC(=O)CC2CCCCC2)(C(N)=S)CC1. The maximum atomic E-state index is 12.3. The maximum Gasteiger partial charge on any atom is 0.221 e. The van der Waals surface area contributed by atoms with E-state index in [1.807, 2.05) is 0 Å². The molecule has 20 heavy (non-hydrogen) atoms.